The molecule has 0 radical (unpaired) electrons. The van der Waals surface area contributed by atoms with Gasteiger partial charge >= 0.3 is 0 Å². The molecule has 0 aliphatic carbocycles. The topological polar surface area (TPSA) is 59.0 Å². The molecule has 2 atom stereocenters. The Morgan fingerprint density at radius 2 is 2.09 bits per heavy atom. The number of amides is 1. The van der Waals surface area contributed by atoms with Crippen LogP contribution in [0.15, 0.2) is 30.6 Å². The van der Waals surface area contributed by atoms with Crippen LogP contribution in [-0.4, -0.2) is 22.7 Å². The van der Waals surface area contributed by atoms with Gasteiger partial charge in [0, 0.05) is 30.4 Å². The number of rotatable bonds is 5. The highest BCUT2D eigenvalue weighted by Crippen LogP contribution is 2.19. The Morgan fingerprint density at radius 3 is 2.64 bits per heavy atom. The quantitative estimate of drug-likeness (QED) is 0.886. The molecule has 0 bridgehead atoms. The Balaban J connectivity index is 2.12. The number of halogens is 2. The van der Waals surface area contributed by atoms with Crippen LogP contribution in [0, 0.1) is 11.6 Å². The van der Waals surface area contributed by atoms with Crippen molar-refractivity contribution in [3.8, 4) is 0 Å². The molecule has 1 aromatic carbocycles. The highest BCUT2D eigenvalue weighted by Gasteiger charge is 2.23. The number of aryl methyl sites for hydroxylation is 1. The second-order valence-electron chi connectivity index (χ2n) is 5.07. The Labute approximate surface area is 127 Å². The molecule has 2 N–H and O–H groups in total. The predicted molar refractivity (Wildman–Crippen MR) is 77.9 cm³/mol. The summed E-state index contributed by atoms with van der Waals surface area (Å²) < 4.78 is 28.3. The van der Waals surface area contributed by atoms with E-state index in [1.165, 1.54) is 6.07 Å². The van der Waals surface area contributed by atoms with Gasteiger partial charge in [-0.05, 0) is 20.0 Å². The molecular weight excluding hydrogens is 290 g/mol. The van der Waals surface area contributed by atoms with Gasteiger partial charge in [-0.2, -0.15) is 5.10 Å². The first-order valence-electron chi connectivity index (χ1n) is 6.83. The number of carbonyl (C=O) groups is 1. The van der Waals surface area contributed by atoms with Crippen LogP contribution in [-0.2, 0) is 11.8 Å². The molecule has 2 unspecified atom stereocenters. The van der Waals surface area contributed by atoms with Gasteiger partial charge in [-0.1, -0.05) is 6.07 Å². The van der Waals surface area contributed by atoms with E-state index in [-0.39, 0.29) is 11.5 Å². The van der Waals surface area contributed by atoms with Crippen LogP contribution in [0.3, 0.4) is 0 Å². The Hall–Kier alpha value is -2.28. The van der Waals surface area contributed by atoms with Crippen LogP contribution in [0.2, 0.25) is 0 Å². The molecule has 0 aliphatic heterocycles. The third-order valence-corrected chi connectivity index (χ3v) is 3.40. The van der Waals surface area contributed by atoms with E-state index in [4.69, 9.17) is 0 Å². The van der Waals surface area contributed by atoms with Crippen molar-refractivity contribution < 1.29 is 13.6 Å². The first-order chi connectivity index (χ1) is 10.4. The molecule has 0 aliphatic rings. The number of benzene rings is 1. The zero-order chi connectivity index (χ0) is 16.3. The van der Waals surface area contributed by atoms with E-state index in [9.17, 15) is 13.6 Å². The van der Waals surface area contributed by atoms with Crippen LogP contribution in [0.1, 0.15) is 30.1 Å². The van der Waals surface area contributed by atoms with Gasteiger partial charge in [0.1, 0.15) is 17.7 Å². The number of carbonyl (C=O) groups excluding carboxylic acids is 1. The average Bonchev–Trinajstić information content (AvgIpc) is 2.85. The standard InChI is InChI=1S/C15H18F2N4O/c1-9(12-5-4-11(16)6-13(12)17)20-15(22)14(18-2)10-7-19-21(3)8-10/h4-9,14,18H,1-3H3,(H,20,22). The molecule has 0 saturated heterocycles. The van der Waals surface area contributed by atoms with Crippen molar-refractivity contribution in [2.45, 2.75) is 19.0 Å². The lowest BCUT2D eigenvalue weighted by atomic mass is 10.1. The molecule has 1 heterocycles. The van der Waals surface area contributed by atoms with Gasteiger partial charge in [0.2, 0.25) is 5.91 Å². The molecule has 0 saturated carbocycles. The molecule has 5 nitrogen and oxygen atoms in total. The average molecular weight is 308 g/mol. The summed E-state index contributed by atoms with van der Waals surface area (Å²) in [4.78, 5) is 12.3. The minimum Gasteiger partial charge on any atom is -0.348 e. The van der Waals surface area contributed by atoms with Crippen LogP contribution < -0.4 is 10.6 Å². The van der Waals surface area contributed by atoms with Gasteiger partial charge in [-0.25, -0.2) is 8.78 Å². The normalized spacial score (nSPS) is 13.7. The number of nitrogens with one attached hydrogen (secondary N) is 2. The lowest BCUT2D eigenvalue weighted by Gasteiger charge is -2.19. The van der Waals surface area contributed by atoms with E-state index in [0.717, 1.165) is 12.1 Å². The second kappa shape index (κ2) is 6.65. The fourth-order valence-electron chi connectivity index (χ4n) is 2.27. The van der Waals surface area contributed by atoms with E-state index in [0.29, 0.717) is 5.56 Å². The second-order valence-corrected chi connectivity index (χ2v) is 5.07. The van der Waals surface area contributed by atoms with E-state index >= 15 is 0 Å². The van der Waals surface area contributed by atoms with Crippen molar-refractivity contribution in [1.82, 2.24) is 20.4 Å². The van der Waals surface area contributed by atoms with Gasteiger partial charge in [-0.3, -0.25) is 9.48 Å². The zero-order valence-electron chi connectivity index (χ0n) is 12.6. The number of hydrogen-bond donors (Lipinski definition) is 2. The summed E-state index contributed by atoms with van der Waals surface area (Å²) in [6, 6.07) is 2.11. The summed E-state index contributed by atoms with van der Waals surface area (Å²) in [7, 11) is 3.41. The molecule has 0 fully saturated rings. The Morgan fingerprint density at radius 1 is 1.36 bits per heavy atom. The maximum absolute atomic E-state index is 13.7. The SMILES string of the molecule is CNC(C(=O)NC(C)c1ccc(F)cc1F)c1cnn(C)c1. The molecule has 2 rings (SSSR count). The maximum atomic E-state index is 13.7. The van der Waals surface area contributed by atoms with Crippen LogP contribution >= 0.6 is 0 Å². The number of aromatic nitrogens is 2. The fraction of sp³-hybridized carbons (Fsp3) is 0.333. The summed E-state index contributed by atoms with van der Waals surface area (Å²) >= 11 is 0. The number of nitrogens with zero attached hydrogens (tertiary/aromatic N) is 2. The first kappa shape index (κ1) is 16.1. The van der Waals surface area contributed by atoms with Gasteiger partial charge in [0.15, 0.2) is 0 Å². The Bertz CT molecular complexity index is 671. The lowest BCUT2D eigenvalue weighted by Crippen LogP contribution is -2.37. The molecular formula is C15H18F2N4O. The van der Waals surface area contributed by atoms with Gasteiger partial charge in [0.05, 0.1) is 12.2 Å². The molecule has 7 heteroatoms. The highest BCUT2D eigenvalue weighted by molar-refractivity contribution is 5.83. The molecule has 22 heavy (non-hydrogen) atoms. The molecule has 0 spiro atoms. The van der Waals surface area contributed by atoms with Crippen molar-refractivity contribution in [1.29, 1.82) is 0 Å². The van der Waals surface area contributed by atoms with Crippen molar-refractivity contribution in [3.63, 3.8) is 0 Å². The van der Waals surface area contributed by atoms with Crippen molar-refractivity contribution in [2.75, 3.05) is 7.05 Å². The summed E-state index contributed by atoms with van der Waals surface area (Å²) in [5, 5.41) is 9.63. The van der Waals surface area contributed by atoms with Crippen molar-refractivity contribution >= 4 is 5.91 Å². The summed E-state index contributed by atoms with van der Waals surface area (Å²) in [5.74, 6) is -1.65. The largest absolute Gasteiger partial charge is 0.348 e. The number of hydrogen-bond acceptors (Lipinski definition) is 3. The molecule has 2 aromatic rings. The summed E-state index contributed by atoms with van der Waals surface area (Å²) in [6.07, 6.45) is 3.31. The van der Waals surface area contributed by atoms with E-state index in [1.54, 1.807) is 38.1 Å². The minimum atomic E-state index is -0.685. The first-order valence-corrected chi connectivity index (χ1v) is 6.83. The minimum absolute atomic E-state index is 0.232. The smallest absolute Gasteiger partial charge is 0.242 e. The van der Waals surface area contributed by atoms with E-state index < -0.39 is 23.7 Å². The van der Waals surface area contributed by atoms with Crippen LogP contribution in [0.4, 0.5) is 8.78 Å². The van der Waals surface area contributed by atoms with Crippen molar-refractivity contribution in [2.24, 2.45) is 7.05 Å². The predicted octanol–water partition coefficient (Wildman–Crippen LogP) is 1.84. The van der Waals surface area contributed by atoms with E-state index in [2.05, 4.69) is 15.7 Å². The zero-order valence-corrected chi connectivity index (χ0v) is 12.6. The molecule has 118 valence electrons. The van der Waals surface area contributed by atoms with Gasteiger partial charge in [-0.15, -0.1) is 0 Å². The van der Waals surface area contributed by atoms with Crippen LogP contribution in [0.25, 0.3) is 0 Å². The molecule has 1 aromatic heterocycles. The molecule has 1 amide bonds. The lowest BCUT2D eigenvalue weighted by molar-refractivity contribution is -0.123. The summed E-state index contributed by atoms with van der Waals surface area (Å²) in [5.41, 5.74) is 0.935. The number of likely N-dealkylation sites (N-methyl/N-ethyl adjacent to an activating group) is 1. The maximum Gasteiger partial charge on any atom is 0.242 e. The summed E-state index contributed by atoms with van der Waals surface area (Å²) in [6.45, 7) is 1.64. The van der Waals surface area contributed by atoms with Gasteiger partial charge < -0.3 is 10.6 Å². The van der Waals surface area contributed by atoms with Crippen molar-refractivity contribution in [3.05, 3.63) is 53.4 Å². The monoisotopic (exact) mass is 308 g/mol. The van der Waals surface area contributed by atoms with E-state index in [1.807, 2.05) is 0 Å². The van der Waals surface area contributed by atoms with Crippen LogP contribution in [0.5, 0.6) is 0 Å². The third-order valence-electron chi connectivity index (χ3n) is 3.40. The Kier molecular flexibility index (Phi) is 4.87. The van der Waals surface area contributed by atoms with Gasteiger partial charge in [0.25, 0.3) is 0 Å². The fourth-order valence-corrected chi connectivity index (χ4v) is 2.27. The highest BCUT2D eigenvalue weighted by atomic mass is 19.1. The third kappa shape index (κ3) is 3.48.